The van der Waals surface area contributed by atoms with Crippen LogP contribution in [-0.2, 0) is 0 Å². The molecule has 0 aliphatic carbocycles. The SMILES string of the molecule is O/N=c1/cc(-c2cc3ccsc3cn2)oc2ccccc12. The first kappa shape index (κ1) is 12.1. The Bertz CT molecular complexity index is 1020. The summed E-state index contributed by atoms with van der Waals surface area (Å²) in [7, 11) is 0. The molecule has 0 fully saturated rings. The molecule has 3 aromatic heterocycles. The lowest BCUT2D eigenvalue weighted by Gasteiger charge is -2.03. The van der Waals surface area contributed by atoms with E-state index < -0.39 is 0 Å². The second kappa shape index (κ2) is 4.71. The molecule has 4 rings (SSSR count). The minimum Gasteiger partial charge on any atom is -0.454 e. The highest BCUT2D eigenvalue weighted by atomic mass is 32.1. The highest BCUT2D eigenvalue weighted by molar-refractivity contribution is 7.17. The molecule has 5 heteroatoms. The number of hydrogen-bond acceptors (Lipinski definition) is 5. The fourth-order valence-electron chi connectivity index (χ4n) is 2.33. The Morgan fingerprint density at radius 1 is 1.14 bits per heavy atom. The molecule has 0 saturated carbocycles. The molecular weight excluding hydrogens is 284 g/mol. The Hall–Kier alpha value is -2.66. The smallest absolute Gasteiger partial charge is 0.155 e. The standard InChI is InChI=1S/C16H10N2O2S/c19-18-12-8-15(20-14-4-2-1-3-11(12)14)13-7-10-5-6-21-16(10)9-17-13/h1-9,19H/b18-12-. The maximum atomic E-state index is 9.21. The van der Waals surface area contributed by atoms with Crippen LogP contribution in [0.4, 0.5) is 0 Å². The van der Waals surface area contributed by atoms with Crippen LogP contribution >= 0.6 is 11.3 Å². The van der Waals surface area contributed by atoms with Gasteiger partial charge >= 0.3 is 0 Å². The van der Waals surface area contributed by atoms with E-state index in [9.17, 15) is 5.21 Å². The molecule has 0 amide bonds. The normalized spacial score (nSPS) is 12.3. The maximum absolute atomic E-state index is 9.21. The second-order valence-electron chi connectivity index (χ2n) is 4.62. The molecule has 0 aliphatic heterocycles. The Kier molecular flexibility index (Phi) is 2.72. The zero-order valence-electron chi connectivity index (χ0n) is 10.9. The van der Waals surface area contributed by atoms with Crippen LogP contribution in [-0.4, -0.2) is 10.2 Å². The Morgan fingerprint density at radius 3 is 2.95 bits per heavy atom. The van der Waals surface area contributed by atoms with E-state index in [1.54, 1.807) is 17.4 Å². The van der Waals surface area contributed by atoms with Crippen LogP contribution in [0, 0.1) is 0 Å². The Morgan fingerprint density at radius 2 is 2.05 bits per heavy atom. The topological polar surface area (TPSA) is 58.6 Å². The highest BCUT2D eigenvalue weighted by Crippen LogP contribution is 2.26. The van der Waals surface area contributed by atoms with Gasteiger partial charge in [-0.25, -0.2) is 0 Å². The molecule has 0 spiro atoms. The summed E-state index contributed by atoms with van der Waals surface area (Å²) in [5.41, 5.74) is 1.38. The van der Waals surface area contributed by atoms with Crippen LogP contribution in [0.2, 0.25) is 0 Å². The molecule has 4 aromatic rings. The molecule has 21 heavy (non-hydrogen) atoms. The van der Waals surface area contributed by atoms with Gasteiger partial charge in [0.2, 0.25) is 0 Å². The van der Waals surface area contributed by atoms with E-state index in [0.717, 1.165) is 21.2 Å². The third-order valence-electron chi connectivity index (χ3n) is 3.35. The van der Waals surface area contributed by atoms with Gasteiger partial charge in [-0.1, -0.05) is 17.3 Å². The van der Waals surface area contributed by atoms with Crippen LogP contribution in [0.15, 0.2) is 63.6 Å². The summed E-state index contributed by atoms with van der Waals surface area (Å²) in [6, 6.07) is 13.2. The minimum absolute atomic E-state index is 0.471. The second-order valence-corrected chi connectivity index (χ2v) is 5.57. The zero-order chi connectivity index (χ0) is 14.2. The predicted molar refractivity (Wildman–Crippen MR) is 82.2 cm³/mol. The van der Waals surface area contributed by atoms with Gasteiger partial charge < -0.3 is 9.62 Å². The summed E-state index contributed by atoms with van der Waals surface area (Å²) in [6.45, 7) is 0. The van der Waals surface area contributed by atoms with Crippen LogP contribution in [0.5, 0.6) is 0 Å². The van der Waals surface area contributed by atoms with Gasteiger partial charge in [-0.2, -0.15) is 0 Å². The Labute approximate surface area is 123 Å². The molecule has 4 nitrogen and oxygen atoms in total. The first-order valence-corrected chi connectivity index (χ1v) is 7.28. The van der Waals surface area contributed by atoms with Crippen molar-refractivity contribution in [2.24, 2.45) is 5.16 Å². The lowest BCUT2D eigenvalue weighted by Crippen LogP contribution is -2.03. The van der Waals surface area contributed by atoms with E-state index in [2.05, 4.69) is 10.1 Å². The number of fused-ring (bicyclic) bond motifs is 2. The van der Waals surface area contributed by atoms with Crippen molar-refractivity contribution in [2.45, 2.75) is 0 Å². The van der Waals surface area contributed by atoms with E-state index in [-0.39, 0.29) is 0 Å². The molecule has 0 bridgehead atoms. The van der Waals surface area contributed by atoms with Crippen LogP contribution in [0.25, 0.3) is 32.5 Å². The third kappa shape index (κ3) is 1.98. The maximum Gasteiger partial charge on any atom is 0.155 e. The van der Waals surface area contributed by atoms with Gasteiger partial charge in [0.1, 0.15) is 16.6 Å². The summed E-state index contributed by atoms with van der Waals surface area (Å²) in [4.78, 5) is 4.42. The van der Waals surface area contributed by atoms with Gasteiger partial charge in [-0.05, 0) is 35.0 Å². The van der Waals surface area contributed by atoms with E-state index in [1.165, 1.54) is 0 Å². The molecule has 0 atom stereocenters. The average Bonchev–Trinajstić information content (AvgIpc) is 3.01. The number of pyridine rings is 1. The summed E-state index contributed by atoms with van der Waals surface area (Å²) in [6.07, 6.45) is 1.83. The van der Waals surface area contributed by atoms with Crippen LogP contribution in [0.1, 0.15) is 0 Å². The predicted octanol–water partition coefficient (Wildman–Crippen LogP) is 4.00. The average molecular weight is 294 g/mol. The van der Waals surface area contributed by atoms with E-state index in [0.29, 0.717) is 16.7 Å². The highest BCUT2D eigenvalue weighted by Gasteiger charge is 2.08. The number of para-hydroxylation sites is 1. The molecule has 1 N–H and O–H groups in total. The molecule has 102 valence electrons. The van der Waals surface area contributed by atoms with Gasteiger partial charge in [0.25, 0.3) is 0 Å². The van der Waals surface area contributed by atoms with Crippen molar-refractivity contribution in [3.63, 3.8) is 0 Å². The first-order valence-electron chi connectivity index (χ1n) is 6.40. The number of hydrogen-bond donors (Lipinski definition) is 1. The summed E-state index contributed by atoms with van der Waals surface area (Å²) in [5, 5.41) is 16.9. The molecule has 0 saturated heterocycles. The molecule has 0 aliphatic rings. The van der Waals surface area contributed by atoms with Crippen molar-refractivity contribution in [3.8, 4) is 11.5 Å². The lowest BCUT2D eigenvalue weighted by atomic mass is 10.2. The number of aromatic nitrogens is 1. The van der Waals surface area contributed by atoms with Crippen molar-refractivity contribution < 1.29 is 9.62 Å². The van der Waals surface area contributed by atoms with Gasteiger partial charge in [-0.3, -0.25) is 4.98 Å². The molecular formula is C16H10N2O2S. The summed E-state index contributed by atoms with van der Waals surface area (Å²) < 4.78 is 7.02. The fourth-order valence-corrected chi connectivity index (χ4v) is 3.07. The first-order chi connectivity index (χ1) is 10.3. The fraction of sp³-hybridized carbons (Fsp3) is 0. The van der Waals surface area contributed by atoms with Gasteiger partial charge in [0.05, 0.1) is 4.70 Å². The molecule has 0 unspecified atom stereocenters. The minimum atomic E-state index is 0.471. The van der Waals surface area contributed by atoms with Gasteiger partial charge in [0.15, 0.2) is 5.76 Å². The van der Waals surface area contributed by atoms with Gasteiger partial charge in [0, 0.05) is 17.6 Å². The third-order valence-corrected chi connectivity index (χ3v) is 4.22. The van der Waals surface area contributed by atoms with Crippen molar-refractivity contribution in [1.82, 2.24) is 4.98 Å². The molecule has 1 aromatic carbocycles. The number of rotatable bonds is 1. The number of benzene rings is 1. The quantitative estimate of drug-likeness (QED) is 0.426. The summed E-state index contributed by atoms with van der Waals surface area (Å²) >= 11 is 1.65. The molecule has 3 heterocycles. The van der Waals surface area contributed by atoms with E-state index >= 15 is 0 Å². The Balaban J connectivity index is 2.01. The monoisotopic (exact) mass is 294 g/mol. The number of thiophene rings is 1. The van der Waals surface area contributed by atoms with E-state index in [1.807, 2.05) is 48.0 Å². The number of nitrogens with zero attached hydrogens (tertiary/aromatic N) is 2. The van der Waals surface area contributed by atoms with Crippen molar-refractivity contribution >= 4 is 32.4 Å². The van der Waals surface area contributed by atoms with Crippen molar-refractivity contribution in [3.05, 3.63) is 59.4 Å². The van der Waals surface area contributed by atoms with Crippen LogP contribution < -0.4 is 5.36 Å². The van der Waals surface area contributed by atoms with Crippen LogP contribution in [0.3, 0.4) is 0 Å². The lowest BCUT2D eigenvalue weighted by molar-refractivity contribution is 0.302. The molecule has 0 radical (unpaired) electrons. The van der Waals surface area contributed by atoms with Crippen molar-refractivity contribution in [1.29, 1.82) is 0 Å². The van der Waals surface area contributed by atoms with Gasteiger partial charge in [-0.15, -0.1) is 11.3 Å². The summed E-state index contributed by atoms with van der Waals surface area (Å²) in [5.74, 6) is 0.578. The zero-order valence-corrected chi connectivity index (χ0v) is 11.7. The van der Waals surface area contributed by atoms with Crippen molar-refractivity contribution in [2.75, 3.05) is 0 Å². The van der Waals surface area contributed by atoms with E-state index in [4.69, 9.17) is 4.42 Å². The largest absolute Gasteiger partial charge is 0.454 e.